The Hall–Kier alpha value is -2.44. The van der Waals surface area contributed by atoms with Gasteiger partial charge < -0.3 is 15.4 Å². The minimum Gasteiger partial charge on any atom is -0.379 e. The van der Waals surface area contributed by atoms with E-state index in [0.717, 1.165) is 44.0 Å². The van der Waals surface area contributed by atoms with Crippen molar-refractivity contribution in [2.45, 2.75) is 33.0 Å². The van der Waals surface area contributed by atoms with Gasteiger partial charge in [0.05, 0.1) is 19.3 Å². The highest BCUT2D eigenvalue weighted by molar-refractivity contribution is 5.74. The zero-order valence-electron chi connectivity index (χ0n) is 17.2. The molecular formula is C23H30FN3O2. The summed E-state index contributed by atoms with van der Waals surface area (Å²) in [7, 11) is 0. The first-order valence-corrected chi connectivity index (χ1v) is 10.2. The Bertz CT molecular complexity index is 772. The van der Waals surface area contributed by atoms with Gasteiger partial charge in [-0.2, -0.15) is 0 Å². The Morgan fingerprint density at radius 3 is 2.28 bits per heavy atom. The van der Waals surface area contributed by atoms with Crippen molar-refractivity contribution in [1.82, 2.24) is 15.5 Å². The highest BCUT2D eigenvalue weighted by atomic mass is 19.1. The number of rotatable bonds is 7. The molecule has 1 saturated heterocycles. The maximum Gasteiger partial charge on any atom is 0.315 e. The van der Waals surface area contributed by atoms with Crippen LogP contribution >= 0.6 is 0 Å². The lowest BCUT2D eigenvalue weighted by Crippen LogP contribution is -2.39. The van der Waals surface area contributed by atoms with E-state index < -0.39 is 0 Å². The number of hydrogen-bond acceptors (Lipinski definition) is 3. The molecule has 5 nitrogen and oxygen atoms in total. The molecule has 0 unspecified atom stereocenters. The van der Waals surface area contributed by atoms with Crippen LogP contribution in [0.1, 0.15) is 36.6 Å². The third-order valence-electron chi connectivity index (χ3n) is 5.17. The fourth-order valence-electron chi connectivity index (χ4n) is 3.46. The van der Waals surface area contributed by atoms with E-state index in [0.29, 0.717) is 6.54 Å². The summed E-state index contributed by atoms with van der Waals surface area (Å²) in [5, 5.41) is 5.91. The van der Waals surface area contributed by atoms with Gasteiger partial charge in [-0.3, -0.25) is 4.90 Å². The van der Waals surface area contributed by atoms with Crippen molar-refractivity contribution in [2.24, 2.45) is 5.92 Å². The first-order chi connectivity index (χ1) is 14.0. The van der Waals surface area contributed by atoms with Crippen LogP contribution in [-0.2, 0) is 17.8 Å². The number of urea groups is 1. The van der Waals surface area contributed by atoms with Crippen LogP contribution in [0.2, 0.25) is 0 Å². The van der Waals surface area contributed by atoms with Gasteiger partial charge in [-0.05, 0) is 34.7 Å². The molecule has 1 heterocycles. The maximum absolute atomic E-state index is 13.2. The van der Waals surface area contributed by atoms with Crippen molar-refractivity contribution in [3.05, 3.63) is 71.0 Å². The van der Waals surface area contributed by atoms with Crippen LogP contribution in [0.5, 0.6) is 0 Å². The van der Waals surface area contributed by atoms with Gasteiger partial charge in [0, 0.05) is 26.2 Å². The largest absolute Gasteiger partial charge is 0.379 e. The second kappa shape index (κ2) is 10.4. The van der Waals surface area contributed by atoms with Gasteiger partial charge in [-0.1, -0.05) is 50.2 Å². The lowest BCUT2D eigenvalue weighted by Gasteiger charge is -2.26. The summed E-state index contributed by atoms with van der Waals surface area (Å²) in [5.74, 6) is -0.0940. The van der Waals surface area contributed by atoms with Gasteiger partial charge in [0.1, 0.15) is 5.82 Å². The number of morpholine rings is 1. The van der Waals surface area contributed by atoms with Crippen LogP contribution in [0.4, 0.5) is 9.18 Å². The first-order valence-electron chi connectivity index (χ1n) is 10.2. The second-order valence-electron chi connectivity index (χ2n) is 7.81. The molecule has 0 aromatic heterocycles. The molecular weight excluding hydrogens is 369 g/mol. The average Bonchev–Trinajstić information content (AvgIpc) is 2.73. The van der Waals surface area contributed by atoms with Gasteiger partial charge in [0.2, 0.25) is 0 Å². The Morgan fingerprint density at radius 1 is 1.03 bits per heavy atom. The van der Waals surface area contributed by atoms with Crippen LogP contribution in [0, 0.1) is 11.7 Å². The number of carbonyl (C=O) groups is 1. The van der Waals surface area contributed by atoms with Crippen molar-refractivity contribution < 1.29 is 13.9 Å². The Balaban J connectivity index is 1.49. The first kappa shape index (κ1) is 21.3. The molecule has 1 fully saturated rings. The third kappa shape index (κ3) is 6.54. The average molecular weight is 400 g/mol. The Labute approximate surface area is 172 Å². The number of nitrogens with one attached hydrogen (secondary N) is 2. The van der Waals surface area contributed by atoms with Crippen LogP contribution in [0.15, 0.2) is 48.5 Å². The monoisotopic (exact) mass is 399 g/mol. The molecule has 2 aromatic rings. The number of benzene rings is 2. The SMILES string of the molecule is CC(C)[C@@H](NC(=O)NCc1ccc(CN2CCOCC2)cc1)c1ccc(F)cc1. The molecule has 2 amide bonds. The summed E-state index contributed by atoms with van der Waals surface area (Å²) in [6.07, 6.45) is 0. The van der Waals surface area contributed by atoms with Crippen molar-refractivity contribution in [3.8, 4) is 0 Å². The van der Waals surface area contributed by atoms with E-state index in [1.165, 1.54) is 17.7 Å². The van der Waals surface area contributed by atoms with Crippen LogP contribution in [0.3, 0.4) is 0 Å². The summed E-state index contributed by atoms with van der Waals surface area (Å²) in [6.45, 7) is 8.97. The molecule has 0 radical (unpaired) electrons. The molecule has 6 heteroatoms. The topological polar surface area (TPSA) is 53.6 Å². The summed E-state index contributed by atoms with van der Waals surface area (Å²) in [6, 6.07) is 14.2. The zero-order chi connectivity index (χ0) is 20.6. The number of carbonyl (C=O) groups excluding carboxylic acids is 1. The molecule has 1 aliphatic rings. The summed E-state index contributed by atoms with van der Waals surface area (Å²) in [5.41, 5.74) is 3.20. The van der Waals surface area contributed by atoms with Gasteiger partial charge in [-0.15, -0.1) is 0 Å². The van der Waals surface area contributed by atoms with Crippen LogP contribution < -0.4 is 10.6 Å². The van der Waals surface area contributed by atoms with E-state index in [4.69, 9.17) is 4.74 Å². The summed E-state index contributed by atoms with van der Waals surface area (Å²) < 4.78 is 18.6. The van der Waals surface area contributed by atoms with E-state index in [-0.39, 0.29) is 23.8 Å². The number of halogens is 1. The minimum absolute atomic E-state index is 0.175. The Kier molecular flexibility index (Phi) is 7.61. The predicted molar refractivity (Wildman–Crippen MR) is 112 cm³/mol. The molecule has 0 bridgehead atoms. The molecule has 0 aliphatic carbocycles. The summed E-state index contributed by atoms with van der Waals surface area (Å²) >= 11 is 0. The van der Waals surface area contributed by atoms with E-state index in [1.54, 1.807) is 12.1 Å². The number of ether oxygens (including phenoxy) is 1. The van der Waals surface area contributed by atoms with Crippen molar-refractivity contribution in [1.29, 1.82) is 0 Å². The van der Waals surface area contributed by atoms with Crippen LogP contribution in [0.25, 0.3) is 0 Å². The standard InChI is InChI=1S/C23H30FN3O2/c1-17(2)22(20-7-9-21(24)10-8-20)26-23(28)25-15-18-3-5-19(6-4-18)16-27-11-13-29-14-12-27/h3-10,17,22H,11-16H2,1-2H3,(H2,25,26,28)/t22-/m1/s1. The number of hydrogen-bond donors (Lipinski definition) is 2. The Morgan fingerprint density at radius 2 is 1.66 bits per heavy atom. The van der Waals surface area contributed by atoms with Crippen LogP contribution in [-0.4, -0.2) is 37.2 Å². The highest BCUT2D eigenvalue weighted by Crippen LogP contribution is 2.21. The molecule has 1 atom stereocenters. The van der Waals surface area contributed by atoms with Gasteiger partial charge in [0.15, 0.2) is 0 Å². The van der Waals surface area contributed by atoms with E-state index in [1.807, 2.05) is 13.8 Å². The van der Waals surface area contributed by atoms with Crippen molar-refractivity contribution >= 4 is 6.03 Å². The van der Waals surface area contributed by atoms with E-state index >= 15 is 0 Å². The third-order valence-corrected chi connectivity index (χ3v) is 5.17. The zero-order valence-corrected chi connectivity index (χ0v) is 17.2. The lowest BCUT2D eigenvalue weighted by molar-refractivity contribution is 0.0342. The molecule has 3 rings (SSSR count). The smallest absolute Gasteiger partial charge is 0.315 e. The fraction of sp³-hybridized carbons (Fsp3) is 0.435. The quantitative estimate of drug-likeness (QED) is 0.744. The minimum atomic E-state index is -0.280. The summed E-state index contributed by atoms with van der Waals surface area (Å²) in [4.78, 5) is 14.8. The fourth-order valence-corrected chi connectivity index (χ4v) is 3.46. The van der Waals surface area contributed by atoms with Gasteiger partial charge in [-0.25, -0.2) is 9.18 Å². The molecule has 29 heavy (non-hydrogen) atoms. The van der Waals surface area contributed by atoms with Crippen molar-refractivity contribution in [2.75, 3.05) is 26.3 Å². The molecule has 2 N–H and O–H groups in total. The maximum atomic E-state index is 13.2. The molecule has 0 saturated carbocycles. The van der Waals surface area contributed by atoms with E-state index in [2.05, 4.69) is 39.8 Å². The number of nitrogens with zero attached hydrogens (tertiary/aromatic N) is 1. The molecule has 1 aliphatic heterocycles. The number of amides is 2. The normalized spacial score (nSPS) is 15.9. The van der Waals surface area contributed by atoms with E-state index in [9.17, 15) is 9.18 Å². The molecule has 2 aromatic carbocycles. The molecule has 0 spiro atoms. The van der Waals surface area contributed by atoms with Gasteiger partial charge >= 0.3 is 6.03 Å². The highest BCUT2D eigenvalue weighted by Gasteiger charge is 2.18. The van der Waals surface area contributed by atoms with Crippen molar-refractivity contribution in [3.63, 3.8) is 0 Å². The molecule has 156 valence electrons. The second-order valence-corrected chi connectivity index (χ2v) is 7.81. The predicted octanol–water partition coefficient (Wildman–Crippen LogP) is 3.85. The lowest BCUT2D eigenvalue weighted by atomic mass is 9.96. The van der Waals surface area contributed by atoms with Gasteiger partial charge in [0.25, 0.3) is 0 Å².